The standard InChI is InChI=1S/C25H41N5O2/c1-4-27-25(30-16-12-20(13-17-30)18-24(31)26-2)28-19-23(29-14-6-5-7-15-29)21-8-10-22(32-3)11-9-21/h8-11,20,23H,4-7,12-19H2,1-3H3,(H,26,31)(H,27,28). The number of benzene rings is 1. The number of hydrogen-bond donors (Lipinski definition) is 2. The minimum absolute atomic E-state index is 0.146. The third-order valence-corrected chi connectivity index (χ3v) is 6.75. The molecule has 0 spiro atoms. The normalized spacial score (nSPS) is 19.5. The van der Waals surface area contributed by atoms with E-state index < -0.39 is 0 Å². The van der Waals surface area contributed by atoms with Crippen molar-refractivity contribution in [1.82, 2.24) is 20.4 Å². The Hall–Kier alpha value is -2.28. The lowest BCUT2D eigenvalue weighted by Gasteiger charge is -2.36. The molecule has 0 aliphatic carbocycles. The van der Waals surface area contributed by atoms with Gasteiger partial charge in [-0.15, -0.1) is 0 Å². The molecular formula is C25H41N5O2. The van der Waals surface area contributed by atoms with Gasteiger partial charge in [0.25, 0.3) is 0 Å². The van der Waals surface area contributed by atoms with E-state index in [2.05, 4.69) is 51.6 Å². The second-order valence-electron chi connectivity index (χ2n) is 8.89. The van der Waals surface area contributed by atoms with Crippen molar-refractivity contribution in [1.29, 1.82) is 0 Å². The van der Waals surface area contributed by atoms with Crippen molar-refractivity contribution in [3.63, 3.8) is 0 Å². The van der Waals surface area contributed by atoms with Gasteiger partial charge < -0.3 is 20.3 Å². The van der Waals surface area contributed by atoms with Crippen LogP contribution in [0.25, 0.3) is 0 Å². The number of ether oxygens (including phenoxy) is 1. The van der Waals surface area contributed by atoms with E-state index in [-0.39, 0.29) is 11.9 Å². The number of carbonyl (C=O) groups is 1. The summed E-state index contributed by atoms with van der Waals surface area (Å²) in [6, 6.07) is 8.76. The van der Waals surface area contributed by atoms with Crippen molar-refractivity contribution >= 4 is 11.9 Å². The maximum atomic E-state index is 11.7. The summed E-state index contributed by atoms with van der Waals surface area (Å²) < 4.78 is 5.36. The number of piperidine rings is 2. The highest BCUT2D eigenvalue weighted by molar-refractivity contribution is 5.80. The number of nitrogens with zero attached hydrogens (tertiary/aromatic N) is 3. The van der Waals surface area contributed by atoms with Gasteiger partial charge in [0.15, 0.2) is 5.96 Å². The number of carbonyl (C=O) groups excluding carboxylic acids is 1. The van der Waals surface area contributed by atoms with Gasteiger partial charge >= 0.3 is 0 Å². The molecule has 7 nitrogen and oxygen atoms in total. The highest BCUT2D eigenvalue weighted by atomic mass is 16.5. The quantitative estimate of drug-likeness (QED) is 0.477. The number of methoxy groups -OCH3 is 1. The highest BCUT2D eigenvalue weighted by Crippen LogP contribution is 2.27. The number of guanidine groups is 1. The molecule has 0 saturated carbocycles. The van der Waals surface area contributed by atoms with Crippen molar-refractivity contribution in [2.24, 2.45) is 10.9 Å². The summed E-state index contributed by atoms with van der Waals surface area (Å²) in [5.41, 5.74) is 1.30. The summed E-state index contributed by atoms with van der Waals surface area (Å²) >= 11 is 0. The first kappa shape index (κ1) is 24.4. The molecule has 0 radical (unpaired) electrons. The Kier molecular flexibility index (Phi) is 9.65. The van der Waals surface area contributed by atoms with E-state index in [9.17, 15) is 4.79 Å². The van der Waals surface area contributed by atoms with Crippen molar-refractivity contribution < 1.29 is 9.53 Å². The number of hydrogen-bond acceptors (Lipinski definition) is 4. The summed E-state index contributed by atoms with van der Waals surface area (Å²) in [4.78, 5) is 21.8. The highest BCUT2D eigenvalue weighted by Gasteiger charge is 2.25. The van der Waals surface area contributed by atoms with Crippen LogP contribution in [0, 0.1) is 5.92 Å². The smallest absolute Gasteiger partial charge is 0.220 e. The molecule has 2 N–H and O–H groups in total. The van der Waals surface area contributed by atoms with Gasteiger partial charge in [-0.05, 0) is 69.3 Å². The number of aliphatic imine (C=N–C) groups is 1. The van der Waals surface area contributed by atoms with Gasteiger partial charge in [-0.25, -0.2) is 0 Å². The van der Waals surface area contributed by atoms with Crippen molar-refractivity contribution in [3.05, 3.63) is 29.8 Å². The predicted octanol–water partition coefficient (Wildman–Crippen LogP) is 3.04. The van der Waals surface area contributed by atoms with Crippen LogP contribution in [0.4, 0.5) is 0 Å². The molecule has 1 unspecified atom stereocenters. The Balaban J connectivity index is 1.69. The summed E-state index contributed by atoms with van der Waals surface area (Å²) in [6.07, 6.45) is 6.54. The van der Waals surface area contributed by atoms with Gasteiger partial charge in [0, 0.05) is 33.1 Å². The molecule has 0 aromatic heterocycles. The first-order valence-corrected chi connectivity index (χ1v) is 12.3. The molecule has 2 aliphatic rings. The molecule has 178 valence electrons. The molecule has 7 heteroatoms. The average Bonchev–Trinajstić information content (AvgIpc) is 2.85. The summed E-state index contributed by atoms with van der Waals surface area (Å²) in [6.45, 7) is 7.89. The van der Waals surface area contributed by atoms with E-state index >= 15 is 0 Å². The maximum absolute atomic E-state index is 11.7. The van der Waals surface area contributed by atoms with Crippen LogP contribution in [-0.4, -0.2) is 75.1 Å². The lowest BCUT2D eigenvalue weighted by Crippen LogP contribution is -2.46. The molecule has 2 heterocycles. The van der Waals surface area contributed by atoms with Gasteiger partial charge in [-0.1, -0.05) is 18.6 Å². The summed E-state index contributed by atoms with van der Waals surface area (Å²) in [7, 11) is 3.43. The molecule has 2 fully saturated rings. The van der Waals surface area contributed by atoms with E-state index in [4.69, 9.17) is 9.73 Å². The van der Waals surface area contributed by atoms with Crippen LogP contribution in [0.5, 0.6) is 5.75 Å². The van der Waals surface area contributed by atoms with Crippen LogP contribution in [0.3, 0.4) is 0 Å². The first-order chi connectivity index (χ1) is 15.6. The fraction of sp³-hybridized carbons (Fsp3) is 0.680. The molecule has 32 heavy (non-hydrogen) atoms. The van der Waals surface area contributed by atoms with Crippen LogP contribution in [0.15, 0.2) is 29.3 Å². The van der Waals surface area contributed by atoms with Crippen LogP contribution in [0.1, 0.15) is 57.1 Å². The fourth-order valence-electron chi connectivity index (χ4n) is 4.80. The van der Waals surface area contributed by atoms with Crippen LogP contribution in [0.2, 0.25) is 0 Å². The SMILES string of the molecule is CCNC(=NCC(c1ccc(OC)cc1)N1CCCCC1)N1CCC(CC(=O)NC)CC1. The Labute approximate surface area is 193 Å². The van der Waals surface area contributed by atoms with E-state index in [1.54, 1.807) is 14.2 Å². The molecule has 1 atom stereocenters. The number of amides is 1. The number of rotatable bonds is 8. The Morgan fingerprint density at radius 3 is 2.41 bits per heavy atom. The van der Waals surface area contributed by atoms with Crippen molar-refractivity contribution in [2.75, 3.05) is 53.4 Å². The zero-order chi connectivity index (χ0) is 22.8. The summed E-state index contributed by atoms with van der Waals surface area (Å²) in [5, 5.41) is 6.26. The zero-order valence-corrected chi connectivity index (χ0v) is 20.1. The molecule has 2 aliphatic heterocycles. The third-order valence-electron chi connectivity index (χ3n) is 6.75. The molecule has 1 amide bonds. The lowest BCUT2D eigenvalue weighted by molar-refractivity contribution is -0.121. The van der Waals surface area contributed by atoms with Crippen LogP contribution < -0.4 is 15.4 Å². The molecular weight excluding hydrogens is 402 g/mol. The largest absolute Gasteiger partial charge is 0.497 e. The topological polar surface area (TPSA) is 69.2 Å². The van der Waals surface area contributed by atoms with Gasteiger partial charge in [0.05, 0.1) is 19.7 Å². The first-order valence-electron chi connectivity index (χ1n) is 12.3. The molecule has 1 aromatic rings. The Morgan fingerprint density at radius 2 is 1.81 bits per heavy atom. The Morgan fingerprint density at radius 1 is 1.12 bits per heavy atom. The number of likely N-dealkylation sites (tertiary alicyclic amines) is 2. The average molecular weight is 444 g/mol. The van der Waals surface area contributed by atoms with Gasteiger partial charge in [0.2, 0.25) is 5.91 Å². The molecule has 2 saturated heterocycles. The van der Waals surface area contributed by atoms with Gasteiger partial charge in [0.1, 0.15) is 5.75 Å². The molecule has 0 bridgehead atoms. The van der Waals surface area contributed by atoms with E-state index in [0.717, 1.165) is 63.8 Å². The van der Waals surface area contributed by atoms with E-state index in [1.807, 2.05) is 0 Å². The second kappa shape index (κ2) is 12.7. The van der Waals surface area contributed by atoms with E-state index in [1.165, 1.54) is 24.8 Å². The van der Waals surface area contributed by atoms with Gasteiger partial charge in [-0.2, -0.15) is 0 Å². The van der Waals surface area contributed by atoms with Crippen LogP contribution in [-0.2, 0) is 4.79 Å². The van der Waals surface area contributed by atoms with Crippen molar-refractivity contribution in [3.8, 4) is 5.75 Å². The molecule has 3 rings (SSSR count). The Bertz CT molecular complexity index is 722. The maximum Gasteiger partial charge on any atom is 0.220 e. The van der Waals surface area contributed by atoms with Gasteiger partial charge in [-0.3, -0.25) is 14.7 Å². The van der Waals surface area contributed by atoms with E-state index in [0.29, 0.717) is 12.3 Å². The third kappa shape index (κ3) is 6.86. The molecule has 1 aromatic carbocycles. The van der Waals surface area contributed by atoms with Crippen LogP contribution >= 0.6 is 0 Å². The lowest BCUT2D eigenvalue weighted by atomic mass is 9.93. The predicted molar refractivity (Wildman–Crippen MR) is 130 cm³/mol. The fourth-order valence-corrected chi connectivity index (χ4v) is 4.80. The number of nitrogens with one attached hydrogen (secondary N) is 2. The second-order valence-corrected chi connectivity index (χ2v) is 8.89. The zero-order valence-electron chi connectivity index (χ0n) is 20.1. The minimum Gasteiger partial charge on any atom is -0.497 e. The monoisotopic (exact) mass is 443 g/mol. The minimum atomic E-state index is 0.146. The van der Waals surface area contributed by atoms with Crippen molar-refractivity contribution in [2.45, 2.75) is 51.5 Å². The summed E-state index contributed by atoms with van der Waals surface area (Å²) in [5.74, 6) is 2.51.